The molecule has 0 aliphatic carbocycles. The Balaban J connectivity index is 4.44. The SMILES string of the molecule is CN(C)N[SiH2]N([Si](C)(C)C)[Si](C)(C)C. The van der Waals surface area contributed by atoms with Crippen molar-refractivity contribution in [3.05, 3.63) is 0 Å². The third-order valence-electron chi connectivity index (χ3n) is 2.16. The lowest BCUT2D eigenvalue weighted by Crippen LogP contribution is -2.64. The van der Waals surface area contributed by atoms with E-state index in [1.54, 1.807) is 0 Å². The van der Waals surface area contributed by atoms with E-state index in [-0.39, 0.29) is 9.84 Å². The van der Waals surface area contributed by atoms with Gasteiger partial charge in [-0.15, -0.1) is 0 Å². The summed E-state index contributed by atoms with van der Waals surface area (Å²) in [6.07, 6.45) is 0. The quantitative estimate of drug-likeness (QED) is 0.580. The molecule has 0 radical (unpaired) electrons. The van der Waals surface area contributed by atoms with Crippen molar-refractivity contribution in [2.24, 2.45) is 0 Å². The standard InChI is InChI=1S/C8H27N3Si3/c1-10(2)9-12-11(13(3,4)5)14(6,7)8/h9H,12H2,1-8H3. The van der Waals surface area contributed by atoms with Crippen molar-refractivity contribution in [2.75, 3.05) is 14.1 Å². The Morgan fingerprint density at radius 3 is 1.43 bits per heavy atom. The van der Waals surface area contributed by atoms with Gasteiger partial charge in [-0.1, -0.05) is 39.3 Å². The van der Waals surface area contributed by atoms with Gasteiger partial charge in [0.05, 0.1) is 0 Å². The Hall–Kier alpha value is 0.531. The first-order chi connectivity index (χ1) is 6.05. The molecule has 0 aromatic carbocycles. The number of rotatable bonds is 5. The molecule has 6 heteroatoms. The van der Waals surface area contributed by atoms with Crippen molar-refractivity contribution in [1.29, 1.82) is 0 Å². The van der Waals surface area contributed by atoms with Gasteiger partial charge in [-0.2, -0.15) is 0 Å². The topological polar surface area (TPSA) is 18.5 Å². The summed E-state index contributed by atoms with van der Waals surface area (Å²) in [5, 5.41) is 5.62. The summed E-state index contributed by atoms with van der Waals surface area (Å²) in [6, 6.07) is 0. The molecule has 0 aliphatic heterocycles. The Morgan fingerprint density at radius 2 is 1.21 bits per heavy atom. The van der Waals surface area contributed by atoms with Gasteiger partial charge in [0.25, 0.3) is 0 Å². The molecule has 0 rings (SSSR count). The first-order valence-electron chi connectivity index (χ1n) is 5.24. The number of hydrogen-bond acceptors (Lipinski definition) is 3. The second-order valence-corrected chi connectivity index (χ2v) is 18.7. The highest BCUT2D eigenvalue weighted by Gasteiger charge is 2.33. The first-order valence-corrected chi connectivity index (χ1v) is 13.5. The van der Waals surface area contributed by atoms with Crippen molar-refractivity contribution in [2.45, 2.75) is 39.3 Å². The molecule has 3 nitrogen and oxygen atoms in total. The molecule has 0 spiro atoms. The number of nitrogens with one attached hydrogen (secondary N) is 1. The zero-order valence-corrected chi connectivity index (χ0v) is 14.5. The average molecular weight is 250 g/mol. The Kier molecular flexibility index (Phi) is 5.23. The highest BCUT2D eigenvalue weighted by Crippen LogP contribution is 2.17. The van der Waals surface area contributed by atoms with E-state index in [4.69, 9.17) is 0 Å². The van der Waals surface area contributed by atoms with Crippen molar-refractivity contribution in [1.82, 2.24) is 14.0 Å². The van der Waals surface area contributed by atoms with Gasteiger partial charge in [0, 0.05) is 14.1 Å². The van der Waals surface area contributed by atoms with Crippen LogP contribution in [-0.2, 0) is 0 Å². The minimum absolute atomic E-state index is 0.298. The molecule has 0 heterocycles. The van der Waals surface area contributed by atoms with Crippen LogP contribution in [0.2, 0.25) is 39.3 Å². The van der Waals surface area contributed by atoms with Crippen molar-refractivity contribution < 1.29 is 0 Å². The van der Waals surface area contributed by atoms with Gasteiger partial charge in [0.2, 0.25) is 0 Å². The number of hydrogen-bond donors (Lipinski definition) is 1. The van der Waals surface area contributed by atoms with Crippen molar-refractivity contribution in [3.8, 4) is 0 Å². The Bertz CT molecular complexity index is 158. The lowest BCUT2D eigenvalue weighted by Gasteiger charge is -2.44. The minimum atomic E-state index is -1.12. The lowest BCUT2D eigenvalue weighted by molar-refractivity contribution is 0.368. The van der Waals surface area contributed by atoms with Crippen LogP contribution in [0.5, 0.6) is 0 Å². The lowest BCUT2D eigenvalue weighted by atomic mass is 11.2. The second-order valence-electron chi connectivity index (χ2n) is 5.98. The van der Waals surface area contributed by atoms with E-state index in [9.17, 15) is 0 Å². The molecule has 0 saturated carbocycles. The normalized spacial score (nSPS) is 15.0. The number of hydrazine groups is 1. The van der Waals surface area contributed by atoms with Gasteiger partial charge >= 0.3 is 0 Å². The van der Waals surface area contributed by atoms with Crippen LogP contribution >= 0.6 is 0 Å². The molecule has 0 atom stereocenters. The van der Waals surface area contributed by atoms with E-state index < -0.39 is 16.5 Å². The van der Waals surface area contributed by atoms with Gasteiger partial charge in [0.1, 0.15) is 16.5 Å². The maximum absolute atomic E-state index is 3.53. The summed E-state index contributed by atoms with van der Waals surface area (Å²) in [5.41, 5.74) is 0. The van der Waals surface area contributed by atoms with Gasteiger partial charge < -0.3 is 3.90 Å². The number of nitrogens with zero attached hydrogens (tertiary/aromatic N) is 2. The fraction of sp³-hybridized carbons (Fsp3) is 1.00. The predicted octanol–water partition coefficient (Wildman–Crippen LogP) is 1.02. The molecule has 0 bridgehead atoms. The summed E-state index contributed by atoms with van der Waals surface area (Å²) in [6.45, 7) is 14.7. The van der Waals surface area contributed by atoms with E-state index >= 15 is 0 Å². The summed E-state index contributed by atoms with van der Waals surface area (Å²) in [7, 11) is 1.63. The largest absolute Gasteiger partial charge is 0.361 e. The van der Waals surface area contributed by atoms with Crippen LogP contribution in [0.15, 0.2) is 0 Å². The smallest absolute Gasteiger partial charge is 0.172 e. The minimum Gasteiger partial charge on any atom is -0.361 e. The summed E-state index contributed by atoms with van der Waals surface area (Å²) >= 11 is 0. The third kappa shape index (κ3) is 5.42. The molecule has 0 aromatic heterocycles. The molecular weight excluding hydrogens is 222 g/mol. The fourth-order valence-corrected chi connectivity index (χ4v) is 14.4. The first kappa shape index (κ1) is 14.5. The van der Waals surface area contributed by atoms with Crippen LogP contribution in [0.3, 0.4) is 0 Å². The van der Waals surface area contributed by atoms with Crippen LogP contribution in [0.4, 0.5) is 0 Å². The fourth-order valence-electron chi connectivity index (χ4n) is 1.69. The van der Waals surface area contributed by atoms with E-state index in [1.807, 2.05) is 0 Å². The maximum atomic E-state index is 3.53. The molecular formula is C8H27N3Si3. The molecule has 0 unspecified atom stereocenters. The highest BCUT2D eigenvalue weighted by molar-refractivity contribution is 6.95. The summed E-state index contributed by atoms with van der Waals surface area (Å²) < 4.78 is 2.86. The van der Waals surface area contributed by atoms with Gasteiger partial charge in [-0.3, -0.25) is 10.1 Å². The molecule has 86 valence electrons. The molecule has 0 fully saturated rings. The van der Waals surface area contributed by atoms with E-state index in [1.165, 1.54) is 0 Å². The zero-order valence-electron chi connectivity index (χ0n) is 11.1. The molecule has 0 amide bonds. The van der Waals surface area contributed by atoms with Crippen LogP contribution in [0.25, 0.3) is 0 Å². The third-order valence-corrected chi connectivity index (χ3v) is 17.2. The van der Waals surface area contributed by atoms with Gasteiger partial charge in [-0.25, -0.2) is 0 Å². The van der Waals surface area contributed by atoms with Crippen molar-refractivity contribution >= 4 is 26.3 Å². The molecule has 0 aliphatic rings. The second kappa shape index (κ2) is 5.04. The van der Waals surface area contributed by atoms with Crippen LogP contribution < -0.4 is 5.09 Å². The Labute approximate surface area is 94.0 Å². The Morgan fingerprint density at radius 1 is 0.857 bits per heavy atom. The summed E-state index contributed by atoms with van der Waals surface area (Å²) in [4.78, 5) is 0. The van der Waals surface area contributed by atoms with E-state index in [0.29, 0.717) is 0 Å². The molecule has 14 heavy (non-hydrogen) atoms. The van der Waals surface area contributed by atoms with E-state index in [2.05, 4.69) is 67.4 Å². The molecule has 1 N–H and O–H groups in total. The van der Waals surface area contributed by atoms with Crippen LogP contribution in [0.1, 0.15) is 0 Å². The predicted molar refractivity (Wildman–Crippen MR) is 73.9 cm³/mol. The van der Waals surface area contributed by atoms with Gasteiger partial charge in [0.15, 0.2) is 9.84 Å². The van der Waals surface area contributed by atoms with Crippen LogP contribution in [0, 0.1) is 0 Å². The van der Waals surface area contributed by atoms with Crippen LogP contribution in [-0.4, -0.2) is 49.3 Å². The van der Waals surface area contributed by atoms with Gasteiger partial charge in [-0.05, 0) is 0 Å². The van der Waals surface area contributed by atoms with E-state index in [0.717, 1.165) is 0 Å². The highest BCUT2D eigenvalue weighted by atomic mass is 28.5. The summed E-state index contributed by atoms with van der Waals surface area (Å²) in [5.74, 6) is 0. The average Bonchev–Trinajstić information content (AvgIpc) is 1.78. The molecule has 0 saturated heterocycles. The monoisotopic (exact) mass is 249 g/mol. The zero-order chi connectivity index (χ0) is 11.6. The maximum Gasteiger partial charge on any atom is 0.172 e. The van der Waals surface area contributed by atoms with Crippen molar-refractivity contribution in [3.63, 3.8) is 0 Å². The molecule has 0 aromatic rings.